The predicted molar refractivity (Wildman–Crippen MR) is 75.0 cm³/mol. The summed E-state index contributed by atoms with van der Waals surface area (Å²) in [4.78, 5) is 6.91. The van der Waals surface area contributed by atoms with E-state index in [1.807, 2.05) is 22.8 Å². The fourth-order valence-corrected chi connectivity index (χ4v) is 2.45. The molecule has 0 unspecified atom stereocenters. The van der Waals surface area contributed by atoms with Gasteiger partial charge in [-0.05, 0) is 48.5 Å². The highest BCUT2D eigenvalue weighted by molar-refractivity contribution is 7.71. The molecule has 0 bridgehead atoms. The normalized spacial score (nSPS) is 11.0. The van der Waals surface area contributed by atoms with Gasteiger partial charge in [0.15, 0.2) is 4.77 Å². The number of H-pyrrole nitrogens is 1. The fraction of sp³-hybridized carbons (Fsp3) is 0.143. The number of fused-ring (bicyclic) bond motifs is 1. The van der Waals surface area contributed by atoms with Gasteiger partial charge in [0, 0.05) is 18.9 Å². The van der Waals surface area contributed by atoms with Gasteiger partial charge in [0.05, 0.1) is 5.52 Å². The van der Waals surface area contributed by atoms with E-state index in [4.69, 9.17) is 12.2 Å². The average molecular weight is 273 g/mol. The Kier molecular flexibility index (Phi) is 3.13. The van der Waals surface area contributed by atoms with E-state index in [9.17, 15) is 4.39 Å². The molecule has 0 aliphatic heterocycles. The molecule has 0 atom stereocenters. The molecule has 0 saturated carbocycles. The molecule has 0 amide bonds. The van der Waals surface area contributed by atoms with Crippen molar-refractivity contribution in [2.75, 3.05) is 0 Å². The van der Waals surface area contributed by atoms with E-state index in [0.717, 1.165) is 11.9 Å². The van der Waals surface area contributed by atoms with Crippen molar-refractivity contribution in [3.8, 4) is 0 Å². The molecule has 0 aliphatic carbocycles. The van der Waals surface area contributed by atoms with Gasteiger partial charge in [-0.15, -0.1) is 0 Å². The minimum absolute atomic E-state index is 0.272. The maximum Gasteiger partial charge on any atom is 0.178 e. The van der Waals surface area contributed by atoms with Gasteiger partial charge in [0.1, 0.15) is 11.3 Å². The lowest BCUT2D eigenvalue weighted by atomic mass is 10.2. The quantitative estimate of drug-likeness (QED) is 0.741. The number of nitrogens with one attached hydrogen (secondary N) is 1. The first-order valence-corrected chi connectivity index (χ1v) is 6.42. The summed E-state index contributed by atoms with van der Waals surface area (Å²) >= 11 is 5.26. The summed E-state index contributed by atoms with van der Waals surface area (Å²) in [7, 11) is 0. The van der Waals surface area contributed by atoms with E-state index in [1.54, 1.807) is 18.5 Å². The van der Waals surface area contributed by atoms with Crippen molar-refractivity contribution >= 4 is 23.3 Å². The van der Waals surface area contributed by atoms with Crippen molar-refractivity contribution in [3.63, 3.8) is 0 Å². The number of aryl methyl sites for hydroxylation is 2. The summed E-state index contributed by atoms with van der Waals surface area (Å²) in [5.41, 5.74) is 2.46. The molecular weight excluding hydrogens is 261 g/mol. The minimum Gasteiger partial charge on any atom is -0.328 e. The van der Waals surface area contributed by atoms with E-state index < -0.39 is 0 Å². The summed E-state index contributed by atoms with van der Waals surface area (Å²) < 4.78 is 16.1. The maximum absolute atomic E-state index is 13.6. The smallest absolute Gasteiger partial charge is 0.178 e. The number of benzene rings is 1. The Balaban J connectivity index is 1.95. The molecule has 0 aliphatic rings. The van der Waals surface area contributed by atoms with Crippen molar-refractivity contribution < 1.29 is 4.39 Å². The van der Waals surface area contributed by atoms with Gasteiger partial charge >= 0.3 is 0 Å². The summed E-state index contributed by atoms with van der Waals surface area (Å²) in [6.07, 6.45) is 4.37. The van der Waals surface area contributed by atoms with Gasteiger partial charge in [-0.1, -0.05) is 6.07 Å². The Morgan fingerprint density at radius 3 is 2.79 bits per heavy atom. The lowest BCUT2D eigenvalue weighted by molar-refractivity contribution is 0.637. The Morgan fingerprint density at radius 1 is 1.21 bits per heavy atom. The molecule has 3 rings (SSSR count). The zero-order valence-corrected chi connectivity index (χ0v) is 11.0. The number of hydrogen-bond acceptors (Lipinski definition) is 2. The Morgan fingerprint density at radius 2 is 2.00 bits per heavy atom. The molecule has 0 radical (unpaired) electrons. The molecule has 1 aromatic carbocycles. The van der Waals surface area contributed by atoms with Crippen molar-refractivity contribution in [1.82, 2.24) is 14.5 Å². The molecule has 19 heavy (non-hydrogen) atoms. The molecule has 96 valence electrons. The van der Waals surface area contributed by atoms with Gasteiger partial charge in [-0.25, -0.2) is 4.39 Å². The van der Waals surface area contributed by atoms with E-state index in [-0.39, 0.29) is 5.82 Å². The van der Waals surface area contributed by atoms with E-state index in [1.165, 1.54) is 11.6 Å². The number of aromatic nitrogens is 3. The number of para-hydroxylation sites is 1. The van der Waals surface area contributed by atoms with Crippen LogP contribution in [0.15, 0.2) is 42.7 Å². The number of aromatic amines is 1. The third-order valence-corrected chi connectivity index (χ3v) is 3.46. The van der Waals surface area contributed by atoms with Crippen LogP contribution < -0.4 is 0 Å². The molecule has 0 saturated heterocycles. The molecule has 3 aromatic rings. The second kappa shape index (κ2) is 4.93. The lowest BCUT2D eigenvalue weighted by Gasteiger charge is -2.04. The van der Waals surface area contributed by atoms with Crippen LogP contribution in [0.5, 0.6) is 0 Å². The minimum atomic E-state index is -0.272. The first kappa shape index (κ1) is 12.0. The molecule has 5 heteroatoms. The number of nitrogens with zero attached hydrogens (tertiary/aromatic N) is 2. The van der Waals surface area contributed by atoms with Crippen LogP contribution in [0, 0.1) is 10.6 Å². The highest BCUT2D eigenvalue weighted by Crippen LogP contribution is 2.17. The first-order chi connectivity index (χ1) is 9.25. The average Bonchev–Trinajstić information content (AvgIpc) is 2.75. The molecule has 2 aromatic heterocycles. The molecule has 0 fully saturated rings. The number of rotatable bonds is 3. The Bertz CT molecular complexity index is 761. The molecular formula is C14H12FN3S. The van der Waals surface area contributed by atoms with Crippen LogP contribution in [0.1, 0.15) is 5.56 Å². The van der Waals surface area contributed by atoms with Crippen LogP contribution >= 0.6 is 12.2 Å². The number of imidazole rings is 1. The van der Waals surface area contributed by atoms with Gasteiger partial charge in [-0.3, -0.25) is 4.98 Å². The SMILES string of the molecule is Fc1cccc2c1[nH]c(=S)n2CCc1ccncc1. The van der Waals surface area contributed by atoms with Gasteiger partial charge in [0.2, 0.25) is 0 Å². The number of halogens is 1. The Hall–Kier alpha value is -2.01. The van der Waals surface area contributed by atoms with Gasteiger partial charge in [-0.2, -0.15) is 0 Å². The topological polar surface area (TPSA) is 33.6 Å². The summed E-state index contributed by atoms with van der Waals surface area (Å²) in [5, 5.41) is 0. The van der Waals surface area contributed by atoms with E-state index in [0.29, 0.717) is 16.8 Å². The van der Waals surface area contributed by atoms with Crippen LogP contribution in [-0.4, -0.2) is 14.5 Å². The van der Waals surface area contributed by atoms with Crippen LogP contribution in [-0.2, 0) is 13.0 Å². The van der Waals surface area contributed by atoms with Crippen molar-refractivity contribution in [2.45, 2.75) is 13.0 Å². The summed E-state index contributed by atoms with van der Waals surface area (Å²) in [6.45, 7) is 0.715. The molecule has 2 heterocycles. The summed E-state index contributed by atoms with van der Waals surface area (Å²) in [6, 6.07) is 8.94. The number of hydrogen-bond donors (Lipinski definition) is 1. The zero-order valence-electron chi connectivity index (χ0n) is 10.1. The van der Waals surface area contributed by atoms with E-state index in [2.05, 4.69) is 9.97 Å². The first-order valence-electron chi connectivity index (χ1n) is 6.01. The third-order valence-electron chi connectivity index (χ3n) is 3.13. The predicted octanol–water partition coefficient (Wildman–Crippen LogP) is 3.48. The highest BCUT2D eigenvalue weighted by Gasteiger charge is 2.07. The zero-order chi connectivity index (χ0) is 13.2. The standard InChI is InChI=1S/C14H12FN3S/c15-11-2-1-3-12-13(11)17-14(19)18(12)9-6-10-4-7-16-8-5-10/h1-5,7-8H,6,9H2,(H,17,19). The second-order valence-corrected chi connectivity index (χ2v) is 4.71. The third kappa shape index (κ3) is 2.29. The largest absolute Gasteiger partial charge is 0.328 e. The molecule has 3 nitrogen and oxygen atoms in total. The highest BCUT2D eigenvalue weighted by atomic mass is 32.1. The van der Waals surface area contributed by atoms with Gasteiger partial charge in [0.25, 0.3) is 0 Å². The molecule has 1 N–H and O–H groups in total. The monoisotopic (exact) mass is 273 g/mol. The van der Waals surface area contributed by atoms with Crippen molar-refractivity contribution in [2.24, 2.45) is 0 Å². The van der Waals surface area contributed by atoms with Gasteiger partial charge < -0.3 is 9.55 Å². The Labute approximate surface area is 114 Å². The van der Waals surface area contributed by atoms with Crippen molar-refractivity contribution in [1.29, 1.82) is 0 Å². The fourth-order valence-electron chi connectivity index (χ4n) is 2.16. The van der Waals surface area contributed by atoms with Crippen LogP contribution in [0.3, 0.4) is 0 Å². The number of pyridine rings is 1. The summed E-state index contributed by atoms with van der Waals surface area (Å²) in [5.74, 6) is -0.272. The second-order valence-electron chi connectivity index (χ2n) is 4.32. The lowest BCUT2D eigenvalue weighted by Crippen LogP contribution is -2.01. The van der Waals surface area contributed by atoms with Crippen LogP contribution in [0.2, 0.25) is 0 Å². The van der Waals surface area contributed by atoms with E-state index >= 15 is 0 Å². The van der Waals surface area contributed by atoms with Crippen LogP contribution in [0.25, 0.3) is 11.0 Å². The van der Waals surface area contributed by atoms with Crippen molar-refractivity contribution in [3.05, 3.63) is 58.9 Å². The molecule has 0 spiro atoms. The maximum atomic E-state index is 13.6. The van der Waals surface area contributed by atoms with Crippen LogP contribution in [0.4, 0.5) is 4.39 Å².